The van der Waals surface area contributed by atoms with Gasteiger partial charge in [0.25, 0.3) is 0 Å². The standard InChI is InChI=1S/C21H20N2/c1-14-17-8-4-5-9-18(17)19-10-15-6-2-3-7-16(15)11-21(14,19)20-12-22-13-23-20/h2-9,12-14,19H,10-11H2,1H3,(H,22,23). The van der Waals surface area contributed by atoms with Gasteiger partial charge in [-0.25, -0.2) is 4.98 Å². The fourth-order valence-electron chi connectivity index (χ4n) is 5.14. The quantitative estimate of drug-likeness (QED) is 0.711. The van der Waals surface area contributed by atoms with E-state index in [9.17, 15) is 0 Å². The van der Waals surface area contributed by atoms with Crippen molar-refractivity contribution in [3.8, 4) is 0 Å². The second-order valence-electron chi connectivity index (χ2n) is 7.06. The third-order valence-corrected chi connectivity index (χ3v) is 6.26. The Bertz CT molecular complexity index is 865. The van der Waals surface area contributed by atoms with Gasteiger partial charge in [-0.2, -0.15) is 0 Å². The molecular formula is C21H20N2. The van der Waals surface area contributed by atoms with Crippen LogP contribution in [-0.2, 0) is 18.3 Å². The third-order valence-electron chi connectivity index (χ3n) is 6.26. The molecule has 114 valence electrons. The first kappa shape index (κ1) is 13.1. The van der Waals surface area contributed by atoms with E-state index in [-0.39, 0.29) is 5.41 Å². The summed E-state index contributed by atoms with van der Waals surface area (Å²) in [6.45, 7) is 2.40. The molecule has 2 aromatic carbocycles. The number of hydrogen-bond donors (Lipinski definition) is 1. The number of nitrogens with one attached hydrogen (secondary N) is 1. The van der Waals surface area contributed by atoms with Crippen molar-refractivity contribution in [3.63, 3.8) is 0 Å². The molecule has 1 N–H and O–H groups in total. The van der Waals surface area contributed by atoms with Crippen LogP contribution in [0.2, 0.25) is 0 Å². The molecule has 3 unspecified atom stereocenters. The first-order valence-corrected chi connectivity index (χ1v) is 8.45. The molecule has 0 spiro atoms. The number of nitrogens with zero attached hydrogens (tertiary/aromatic N) is 1. The fourth-order valence-corrected chi connectivity index (χ4v) is 5.14. The van der Waals surface area contributed by atoms with Gasteiger partial charge < -0.3 is 4.98 Å². The van der Waals surface area contributed by atoms with Crippen LogP contribution in [0.5, 0.6) is 0 Å². The van der Waals surface area contributed by atoms with Crippen LogP contribution in [0.1, 0.15) is 46.7 Å². The largest absolute Gasteiger partial charge is 0.348 e. The zero-order valence-corrected chi connectivity index (χ0v) is 13.3. The molecule has 0 fully saturated rings. The number of aromatic amines is 1. The Kier molecular flexibility index (Phi) is 2.61. The minimum absolute atomic E-state index is 0.106. The van der Waals surface area contributed by atoms with Gasteiger partial charge in [0.1, 0.15) is 0 Å². The van der Waals surface area contributed by atoms with Gasteiger partial charge >= 0.3 is 0 Å². The van der Waals surface area contributed by atoms with Gasteiger partial charge in [0.15, 0.2) is 0 Å². The van der Waals surface area contributed by atoms with Crippen LogP contribution < -0.4 is 0 Å². The minimum atomic E-state index is 0.106. The summed E-state index contributed by atoms with van der Waals surface area (Å²) in [7, 11) is 0. The van der Waals surface area contributed by atoms with E-state index in [4.69, 9.17) is 0 Å². The van der Waals surface area contributed by atoms with E-state index < -0.39 is 0 Å². The predicted molar refractivity (Wildman–Crippen MR) is 91.7 cm³/mol. The van der Waals surface area contributed by atoms with E-state index in [2.05, 4.69) is 65.4 Å². The summed E-state index contributed by atoms with van der Waals surface area (Å²) < 4.78 is 0. The van der Waals surface area contributed by atoms with E-state index >= 15 is 0 Å². The molecule has 2 heteroatoms. The number of fused-ring (bicyclic) bond motifs is 4. The van der Waals surface area contributed by atoms with Crippen LogP contribution >= 0.6 is 0 Å². The van der Waals surface area contributed by atoms with Gasteiger partial charge in [-0.1, -0.05) is 55.5 Å². The molecule has 2 aliphatic rings. The number of aromatic nitrogens is 2. The van der Waals surface area contributed by atoms with E-state index in [1.165, 1.54) is 27.9 Å². The van der Waals surface area contributed by atoms with Gasteiger partial charge in [-0.15, -0.1) is 0 Å². The molecule has 0 radical (unpaired) electrons. The Morgan fingerprint density at radius 1 is 1.00 bits per heavy atom. The molecule has 0 bridgehead atoms. The first-order chi connectivity index (χ1) is 11.3. The molecule has 0 amide bonds. The number of imidazole rings is 1. The van der Waals surface area contributed by atoms with Crippen LogP contribution in [0.25, 0.3) is 0 Å². The van der Waals surface area contributed by atoms with Crippen molar-refractivity contribution in [2.45, 2.75) is 37.0 Å². The summed E-state index contributed by atoms with van der Waals surface area (Å²) in [5.74, 6) is 1.03. The summed E-state index contributed by atoms with van der Waals surface area (Å²) in [6.07, 6.45) is 6.09. The Balaban J connectivity index is 1.78. The smallest absolute Gasteiger partial charge is 0.0921 e. The zero-order valence-electron chi connectivity index (χ0n) is 13.3. The van der Waals surface area contributed by atoms with Gasteiger partial charge in [-0.3, -0.25) is 0 Å². The Morgan fingerprint density at radius 3 is 2.52 bits per heavy atom. The molecule has 3 aromatic rings. The Morgan fingerprint density at radius 2 is 1.74 bits per heavy atom. The maximum Gasteiger partial charge on any atom is 0.0921 e. The molecular weight excluding hydrogens is 280 g/mol. The van der Waals surface area contributed by atoms with E-state index in [0.717, 1.165) is 12.8 Å². The Labute approximate surface area is 136 Å². The molecule has 23 heavy (non-hydrogen) atoms. The maximum atomic E-state index is 4.35. The second kappa shape index (κ2) is 4.58. The van der Waals surface area contributed by atoms with Crippen molar-refractivity contribution >= 4 is 0 Å². The topological polar surface area (TPSA) is 28.7 Å². The Hall–Kier alpha value is -2.35. The van der Waals surface area contributed by atoms with Gasteiger partial charge in [0.05, 0.1) is 6.33 Å². The molecule has 3 atom stereocenters. The monoisotopic (exact) mass is 300 g/mol. The summed E-state index contributed by atoms with van der Waals surface area (Å²) >= 11 is 0. The number of benzene rings is 2. The third kappa shape index (κ3) is 1.61. The summed E-state index contributed by atoms with van der Waals surface area (Å²) in [4.78, 5) is 7.80. The molecule has 0 aliphatic heterocycles. The SMILES string of the molecule is CC1c2ccccc2C2Cc3ccccc3CC12c1cnc[nH]1. The van der Waals surface area contributed by atoms with Crippen LogP contribution in [0.3, 0.4) is 0 Å². The van der Waals surface area contributed by atoms with Gasteiger partial charge in [0, 0.05) is 23.2 Å². The van der Waals surface area contributed by atoms with Crippen molar-refractivity contribution in [2.75, 3.05) is 0 Å². The lowest BCUT2D eigenvalue weighted by molar-refractivity contribution is 0.293. The molecule has 1 aromatic heterocycles. The van der Waals surface area contributed by atoms with Crippen LogP contribution in [0.15, 0.2) is 61.1 Å². The number of hydrogen-bond acceptors (Lipinski definition) is 1. The number of rotatable bonds is 1. The van der Waals surface area contributed by atoms with Crippen molar-refractivity contribution in [1.29, 1.82) is 0 Å². The van der Waals surface area contributed by atoms with Crippen molar-refractivity contribution in [3.05, 3.63) is 89.0 Å². The van der Waals surface area contributed by atoms with Crippen LogP contribution in [0, 0.1) is 0 Å². The lowest BCUT2D eigenvalue weighted by atomic mass is 9.60. The second-order valence-corrected chi connectivity index (χ2v) is 7.06. The summed E-state index contributed by atoms with van der Waals surface area (Å²) in [5.41, 5.74) is 7.45. The maximum absolute atomic E-state index is 4.35. The highest BCUT2D eigenvalue weighted by molar-refractivity contribution is 5.53. The lowest BCUT2D eigenvalue weighted by Gasteiger charge is -2.43. The summed E-state index contributed by atoms with van der Waals surface area (Å²) in [5, 5.41) is 0. The molecule has 0 saturated heterocycles. The average molecular weight is 300 g/mol. The van der Waals surface area contributed by atoms with E-state index in [1.807, 2.05) is 12.5 Å². The summed E-state index contributed by atoms with van der Waals surface area (Å²) in [6, 6.07) is 18.0. The van der Waals surface area contributed by atoms with Gasteiger partial charge in [0.2, 0.25) is 0 Å². The van der Waals surface area contributed by atoms with Crippen molar-refractivity contribution < 1.29 is 0 Å². The number of H-pyrrole nitrogens is 1. The minimum Gasteiger partial charge on any atom is -0.348 e. The molecule has 0 saturated carbocycles. The predicted octanol–water partition coefficient (Wildman–Crippen LogP) is 4.35. The van der Waals surface area contributed by atoms with Crippen molar-refractivity contribution in [2.24, 2.45) is 0 Å². The molecule has 1 heterocycles. The highest BCUT2D eigenvalue weighted by Gasteiger charge is 2.54. The van der Waals surface area contributed by atoms with E-state index in [1.54, 1.807) is 0 Å². The first-order valence-electron chi connectivity index (χ1n) is 8.45. The molecule has 2 aliphatic carbocycles. The van der Waals surface area contributed by atoms with Crippen LogP contribution in [0.4, 0.5) is 0 Å². The van der Waals surface area contributed by atoms with Gasteiger partial charge in [-0.05, 0) is 41.0 Å². The normalized spacial score (nSPS) is 28.0. The van der Waals surface area contributed by atoms with Crippen LogP contribution in [-0.4, -0.2) is 9.97 Å². The molecule has 2 nitrogen and oxygen atoms in total. The fraction of sp³-hybridized carbons (Fsp3) is 0.286. The zero-order chi connectivity index (χ0) is 15.4. The highest BCUT2D eigenvalue weighted by Crippen LogP contribution is 2.60. The van der Waals surface area contributed by atoms with Crippen molar-refractivity contribution in [1.82, 2.24) is 9.97 Å². The molecule has 5 rings (SSSR count). The highest BCUT2D eigenvalue weighted by atomic mass is 14.9. The lowest BCUT2D eigenvalue weighted by Crippen LogP contribution is -2.40. The van der Waals surface area contributed by atoms with E-state index in [0.29, 0.717) is 11.8 Å². The average Bonchev–Trinajstić information content (AvgIpc) is 3.21.